The number of carboxylic acids is 3. The van der Waals surface area contributed by atoms with Crippen LogP contribution in [-0.4, -0.2) is 94.5 Å². The maximum absolute atomic E-state index is 13.8. The summed E-state index contributed by atoms with van der Waals surface area (Å²) in [6.07, 6.45) is 2.39. The van der Waals surface area contributed by atoms with Crippen molar-refractivity contribution in [2.75, 3.05) is 13.7 Å². The second-order valence-corrected chi connectivity index (χ2v) is 16.2. The molecule has 0 amide bonds. The van der Waals surface area contributed by atoms with Crippen LogP contribution >= 0.6 is 0 Å². The van der Waals surface area contributed by atoms with Crippen molar-refractivity contribution in [1.82, 2.24) is 0 Å². The molecule has 4 bridgehead atoms. The first-order chi connectivity index (χ1) is 23.6. The Bertz CT molecular complexity index is 1390. The average molecular weight is 707 g/mol. The first kappa shape index (κ1) is 37.2. The molecule has 1 spiro atoms. The summed E-state index contributed by atoms with van der Waals surface area (Å²) in [6.45, 7) is 7.46. The molecule has 13 nitrogen and oxygen atoms in total. The van der Waals surface area contributed by atoms with Crippen molar-refractivity contribution in [3.8, 4) is 0 Å². The van der Waals surface area contributed by atoms with Crippen molar-refractivity contribution in [2.45, 2.75) is 135 Å². The number of carboxylic acid groups (broad SMARTS) is 3. The molecule has 4 aliphatic carbocycles. The van der Waals surface area contributed by atoms with Gasteiger partial charge in [-0.3, -0.25) is 14.4 Å². The Kier molecular flexibility index (Phi) is 9.99. The number of aliphatic carboxylic acids is 3. The smallest absolute Gasteiger partial charge is 0.338 e. The predicted molar refractivity (Wildman–Crippen MR) is 174 cm³/mol. The lowest BCUT2D eigenvalue weighted by atomic mass is 9.42. The van der Waals surface area contributed by atoms with Gasteiger partial charge in [-0.25, -0.2) is 4.79 Å². The zero-order chi connectivity index (χ0) is 36.4. The number of unbranched alkanes of at least 4 members (excludes halogenated alkanes) is 4. The largest absolute Gasteiger partial charge is 0.481 e. The molecule has 280 valence electrons. The summed E-state index contributed by atoms with van der Waals surface area (Å²) in [5.74, 6) is -6.25. The SMILES string of the molecule is CO[C@@H]1[C@@H](C)O[C@@H](OC[C@@]23C[C@@H]4[C@H](C)CC[C@H]4[C@@]4(C(=O)O)C[C@@H]2C=C(C(C)C)[C@@]34C(=O)O)[C@@H](O)[C@@]12OC(=O)[C@H](CCCCCCCC(=O)O)O2. The van der Waals surface area contributed by atoms with E-state index < -0.39 is 76.6 Å². The Morgan fingerprint density at radius 3 is 2.34 bits per heavy atom. The monoisotopic (exact) mass is 706 g/mol. The standard InChI is InChI=1S/C37H54O13/c1-19(2)25-15-22-16-35(32(42)43)24-14-13-20(3)23(24)17-34(22,36(25,35)33(44)45)18-47-31-28(40)37(29(46-5)21(4)48-31)49-26(30(41)50-37)11-9-7-6-8-10-12-27(38)39/h15,19-24,26,28-29,31,40H,6-14,16-18H2,1-5H3,(H,38,39)(H,42,43)(H,44,45)/t20-,21-,22+,23-,24-,26+,28-,29-,31-,34+,35-,36-,37-/m1/s1. The molecule has 13 heteroatoms. The van der Waals surface area contributed by atoms with Gasteiger partial charge in [0.25, 0.3) is 5.79 Å². The van der Waals surface area contributed by atoms with E-state index >= 15 is 0 Å². The molecular weight excluding hydrogens is 652 g/mol. The number of aliphatic hydroxyl groups excluding tert-OH is 1. The first-order valence-corrected chi connectivity index (χ1v) is 18.4. The highest BCUT2D eigenvalue weighted by Gasteiger charge is 2.86. The van der Waals surface area contributed by atoms with Crippen LogP contribution < -0.4 is 0 Å². The van der Waals surface area contributed by atoms with Crippen LogP contribution in [0.25, 0.3) is 0 Å². The molecule has 2 heterocycles. The summed E-state index contributed by atoms with van der Waals surface area (Å²) in [5.41, 5.74) is -3.67. The van der Waals surface area contributed by atoms with E-state index in [1.165, 1.54) is 7.11 Å². The predicted octanol–water partition coefficient (Wildman–Crippen LogP) is 4.39. The highest BCUT2D eigenvalue weighted by Crippen LogP contribution is 2.83. The molecule has 6 aliphatic rings. The molecular formula is C37H54O13. The summed E-state index contributed by atoms with van der Waals surface area (Å²) < 4.78 is 30.4. The fourth-order valence-electron chi connectivity index (χ4n) is 11.6. The fourth-order valence-corrected chi connectivity index (χ4v) is 11.6. The summed E-state index contributed by atoms with van der Waals surface area (Å²) >= 11 is 0. The minimum absolute atomic E-state index is 0.00414. The molecule has 13 atom stereocenters. The van der Waals surface area contributed by atoms with E-state index in [9.17, 15) is 34.5 Å². The number of ether oxygens (including phenoxy) is 5. The van der Waals surface area contributed by atoms with Crippen molar-refractivity contribution in [2.24, 2.45) is 45.8 Å². The van der Waals surface area contributed by atoms with Crippen molar-refractivity contribution in [3.05, 3.63) is 11.6 Å². The molecule has 0 radical (unpaired) electrons. The summed E-state index contributed by atoms with van der Waals surface area (Å²) in [6, 6.07) is 0. The number of aliphatic hydroxyl groups is 1. The van der Waals surface area contributed by atoms with Crippen LogP contribution in [-0.2, 0) is 42.9 Å². The van der Waals surface area contributed by atoms with Crippen molar-refractivity contribution in [3.63, 3.8) is 0 Å². The van der Waals surface area contributed by atoms with Crippen LogP contribution in [0.15, 0.2) is 11.6 Å². The molecule has 3 saturated carbocycles. The average Bonchev–Trinajstić information content (AvgIpc) is 3.72. The van der Waals surface area contributed by atoms with E-state index in [0.717, 1.165) is 25.7 Å². The van der Waals surface area contributed by atoms with E-state index in [2.05, 4.69) is 6.92 Å². The van der Waals surface area contributed by atoms with Gasteiger partial charge in [-0.15, -0.1) is 0 Å². The number of allylic oxidation sites excluding steroid dienone is 1. The fraction of sp³-hybridized carbons (Fsp3) is 0.838. The van der Waals surface area contributed by atoms with Crippen LogP contribution in [0.1, 0.15) is 98.3 Å². The minimum atomic E-state index is -1.94. The highest BCUT2D eigenvalue weighted by molar-refractivity contribution is 5.94. The van der Waals surface area contributed by atoms with Crippen LogP contribution in [0.4, 0.5) is 0 Å². The maximum atomic E-state index is 13.8. The van der Waals surface area contributed by atoms with Crippen molar-refractivity contribution < 1.29 is 63.3 Å². The van der Waals surface area contributed by atoms with Gasteiger partial charge in [-0.2, -0.15) is 0 Å². The normalized spacial score (nSPS) is 44.4. The summed E-state index contributed by atoms with van der Waals surface area (Å²) in [7, 11) is 1.40. The Balaban J connectivity index is 1.25. The van der Waals surface area contributed by atoms with E-state index in [1.807, 2.05) is 19.9 Å². The number of hydrogen-bond acceptors (Lipinski definition) is 10. The lowest BCUT2D eigenvalue weighted by Gasteiger charge is -2.58. The van der Waals surface area contributed by atoms with E-state index in [-0.39, 0.29) is 49.0 Å². The Morgan fingerprint density at radius 1 is 1.00 bits per heavy atom. The number of methoxy groups -OCH3 is 1. The molecule has 6 rings (SSSR count). The molecule has 2 aliphatic heterocycles. The summed E-state index contributed by atoms with van der Waals surface area (Å²) in [5, 5.41) is 43.1. The third kappa shape index (κ3) is 5.11. The van der Waals surface area contributed by atoms with Crippen molar-refractivity contribution in [1.29, 1.82) is 0 Å². The quantitative estimate of drug-likeness (QED) is 0.106. The molecule has 2 saturated heterocycles. The van der Waals surface area contributed by atoms with Gasteiger partial charge in [0.05, 0.1) is 18.1 Å². The van der Waals surface area contributed by atoms with Gasteiger partial charge < -0.3 is 44.1 Å². The molecule has 4 N–H and O–H groups in total. The topological polar surface area (TPSA) is 195 Å². The number of rotatable bonds is 15. The van der Waals surface area contributed by atoms with Gasteiger partial charge in [0.2, 0.25) is 0 Å². The van der Waals surface area contributed by atoms with Gasteiger partial charge in [-0.1, -0.05) is 64.5 Å². The van der Waals surface area contributed by atoms with Gasteiger partial charge in [0.1, 0.15) is 5.41 Å². The zero-order valence-electron chi connectivity index (χ0n) is 29.8. The zero-order valence-corrected chi connectivity index (χ0v) is 29.8. The maximum Gasteiger partial charge on any atom is 0.338 e. The van der Waals surface area contributed by atoms with Crippen LogP contribution in [0, 0.1) is 45.8 Å². The van der Waals surface area contributed by atoms with Crippen LogP contribution in [0.2, 0.25) is 0 Å². The number of hydrogen-bond donors (Lipinski definition) is 4. The number of carbonyl (C=O) groups excluding carboxylic acids is 1. The van der Waals surface area contributed by atoms with Gasteiger partial charge >= 0.3 is 23.9 Å². The first-order valence-electron chi connectivity index (χ1n) is 18.4. The third-order valence-corrected chi connectivity index (χ3v) is 13.5. The van der Waals surface area contributed by atoms with E-state index in [4.69, 9.17) is 28.8 Å². The minimum Gasteiger partial charge on any atom is -0.481 e. The van der Waals surface area contributed by atoms with Crippen LogP contribution in [0.3, 0.4) is 0 Å². The Morgan fingerprint density at radius 2 is 1.70 bits per heavy atom. The summed E-state index contributed by atoms with van der Waals surface area (Å²) in [4.78, 5) is 51.3. The van der Waals surface area contributed by atoms with Gasteiger partial charge in [-0.05, 0) is 68.6 Å². The third-order valence-electron chi connectivity index (χ3n) is 13.5. The molecule has 0 unspecified atom stereocenters. The van der Waals surface area contributed by atoms with Gasteiger partial charge in [0, 0.05) is 18.9 Å². The Labute approximate surface area is 293 Å². The lowest BCUT2D eigenvalue weighted by Crippen LogP contribution is -2.68. The van der Waals surface area contributed by atoms with E-state index in [1.54, 1.807) is 6.92 Å². The number of esters is 1. The molecule has 50 heavy (non-hydrogen) atoms. The van der Waals surface area contributed by atoms with Crippen LogP contribution in [0.5, 0.6) is 0 Å². The molecule has 0 aromatic rings. The number of carbonyl (C=O) groups is 4. The Hall–Kier alpha value is -2.58. The highest BCUT2D eigenvalue weighted by atomic mass is 16.8. The lowest BCUT2D eigenvalue weighted by molar-refractivity contribution is -0.386. The van der Waals surface area contributed by atoms with Crippen molar-refractivity contribution >= 4 is 23.9 Å². The molecule has 0 aromatic carbocycles. The second kappa shape index (κ2) is 13.4. The van der Waals surface area contributed by atoms with E-state index in [0.29, 0.717) is 37.7 Å². The number of fused-ring (bicyclic) bond motifs is 2. The molecule has 0 aromatic heterocycles. The molecule has 5 fully saturated rings. The van der Waals surface area contributed by atoms with Gasteiger partial charge in [0.15, 0.2) is 24.6 Å². The second-order valence-electron chi connectivity index (χ2n) is 16.2.